The zero-order valence-electron chi connectivity index (χ0n) is 12.1. The molecule has 0 saturated heterocycles. The van der Waals surface area contributed by atoms with Crippen molar-refractivity contribution in [1.82, 2.24) is 0 Å². The van der Waals surface area contributed by atoms with E-state index in [1.54, 1.807) is 11.8 Å². The van der Waals surface area contributed by atoms with Crippen LogP contribution < -0.4 is 5.73 Å². The van der Waals surface area contributed by atoms with Crippen LogP contribution in [0.3, 0.4) is 0 Å². The van der Waals surface area contributed by atoms with Gasteiger partial charge < -0.3 is 10.5 Å². The first-order valence-electron chi connectivity index (χ1n) is 6.79. The summed E-state index contributed by atoms with van der Waals surface area (Å²) in [5.74, 6) is 1.30. The highest BCUT2D eigenvalue weighted by atomic mass is 32.2. The second kappa shape index (κ2) is 6.80. The van der Waals surface area contributed by atoms with E-state index in [1.165, 1.54) is 6.42 Å². The van der Waals surface area contributed by atoms with Crippen LogP contribution in [0.5, 0.6) is 0 Å². The molecule has 0 aromatic heterocycles. The largest absolute Gasteiger partial charge is 0.461 e. The maximum Gasteiger partial charge on any atom is 0.323 e. The van der Waals surface area contributed by atoms with E-state index in [-0.39, 0.29) is 17.5 Å². The Labute approximate surface area is 115 Å². The molecule has 0 amide bonds. The molecule has 0 heterocycles. The lowest BCUT2D eigenvalue weighted by Gasteiger charge is -2.38. The highest BCUT2D eigenvalue weighted by Crippen LogP contribution is 2.39. The lowest BCUT2D eigenvalue weighted by molar-refractivity contribution is -0.155. The molecule has 2 unspecified atom stereocenters. The van der Waals surface area contributed by atoms with E-state index in [9.17, 15) is 4.79 Å². The SMILES string of the molecule is CSCC[C@H](N)C(=O)OC1CC(C)CC(C)(C)C1. The van der Waals surface area contributed by atoms with Crippen molar-refractivity contribution in [3.8, 4) is 0 Å². The third-order valence-electron chi connectivity index (χ3n) is 3.57. The number of hydrogen-bond donors (Lipinski definition) is 1. The molecule has 0 radical (unpaired) electrons. The summed E-state index contributed by atoms with van der Waals surface area (Å²) < 4.78 is 5.58. The standard InChI is InChI=1S/C14H27NO2S/c1-10-7-11(9-14(2,3)8-10)17-13(16)12(15)5-6-18-4/h10-12H,5-9,15H2,1-4H3/t10?,11?,12-/m0/s1. The van der Waals surface area contributed by atoms with E-state index in [0.29, 0.717) is 12.3 Å². The highest BCUT2D eigenvalue weighted by molar-refractivity contribution is 7.98. The molecule has 4 heteroatoms. The second-order valence-corrected chi connectivity index (χ2v) is 7.35. The van der Waals surface area contributed by atoms with Crippen molar-refractivity contribution < 1.29 is 9.53 Å². The summed E-state index contributed by atoms with van der Waals surface area (Å²) in [6, 6.07) is -0.460. The molecule has 3 atom stereocenters. The number of nitrogens with two attached hydrogens (primary N) is 1. The van der Waals surface area contributed by atoms with Gasteiger partial charge in [0.05, 0.1) is 0 Å². The smallest absolute Gasteiger partial charge is 0.323 e. The molecule has 106 valence electrons. The summed E-state index contributed by atoms with van der Waals surface area (Å²) in [4.78, 5) is 11.9. The molecule has 1 aliphatic rings. The number of rotatable bonds is 5. The van der Waals surface area contributed by atoms with Gasteiger partial charge in [-0.15, -0.1) is 0 Å². The molecule has 1 aliphatic carbocycles. The Bertz CT molecular complexity index is 281. The molecule has 3 nitrogen and oxygen atoms in total. The highest BCUT2D eigenvalue weighted by Gasteiger charge is 2.34. The van der Waals surface area contributed by atoms with Gasteiger partial charge in [-0.05, 0) is 49.0 Å². The van der Waals surface area contributed by atoms with Crippen molar-refractivity contribution in [2.45, 2.75) is 58.6 Å². The van der Waals surface area contributed by atoms with Crippen LogP contribution in [0, 0.1) is 11.3 Å². The minimum Gasteiger partial charge on any atom is -0.461 e. The van der Waals surface area contributed by atoms with Crippen molar-refractivity contribution in [2.75, 3.05) is 12.0 Å². The van der Waals surface area contributed by atoms with Gasteiger partial charge in [0, 0.05) is 0 Å². The molecule has 0 spiro atoms. The summed E-state index contributed by atoms with van der Waals surface area (Å²) in [5.41, 5.74) is 6.10. The molecular formula is C14H27NO2S. The predicted octanol–water partition coefficient (Wildman–Crippen LogP) is 2.82. The summed E-state index contributed by atoms with van der Waals surface area (Å²) in [5, 5.41) is 0. The third kappa shape index (κ3) is 5.19. The molecule has 2 N–H and O–H groups in total. The lowest BCUT2D eigenvalue weighted by atomic mass is 9.71. The second-order valence-electron chi connectivity index (χ2n) is 6.36. The Morgan fingerprint density at radius 3 is 2.72 bits per heavy atom. The number of ether oxygens (including phenoxy) is 1. The Hall–Kier alpha value is -0.220. The monoisotopic (exact) mass is 273 g/mol. The molecule has 0 aliphatic heterocycles. The fourth-order valence-electron chi connectivity index (χ4n) is 2.96. The Kier molecular flexibility index (Phi) is 5.99. The minimum absolute atomic E-state index is 0.0524. The number of carbonyl (C=O) groups excluding carboxylic acids is 1. The van der Waals surface area contributed by atoms with Crippen molar-refractivity contribution in [2.24, 2.45) is 17.1 Å². The Balaban J connectivity index is 2.43. The van der Waals surface area contributed by atoms with E-state index in [1.807, 2.05) is 6.26 Å². The van der Waals surface area contributed by atoms with Crippen molar-refractivity contribution >= 4 is 17.7 Å². The first-order valence-corrected chi connectivity index (χ1v) is 8.18. The van der Waals surface area contributed by atoms with Gasteiger partial charge in [0.2, 0.25) is 0 Å². The summed E-state index contributed by atoms with van der Waals surface area (Å²) in [6.07, 6.45) is 5.91. The van der Waals surface area contributed by atoms with Gasteiger partial charge in [-0.3, -0.25) is 4.79 Å². The Morgan fingerprint density at radius 1 is 1.50 bits per heavy atom. The zero-order valence-corrected chi connectivity index (χ0v) is 12.9. The van der Waals surface area contributed by atoms with E-state index in [2.05, 4.69) is 20.8 Å². The van der Waals surface area contributed by atoms with E-state index in [0.717, 1.165) is 18.6 Å². The van der Waals surface area contributed by atoms with Crippen LogP contribution in [-0.4, -0.2) is 30.1 Å². The van der Waals surface area contributed by atoms with Crippen molar-refractivity contribution in [3.63, 3.8) is 0 Å². The van der Waals surface area contributed by atoms with Crippen LogP contribution in [0.15, 0.2) is 0 Å². The normalized spacial score (nSPS) is 28.7. The van der Waals surface area contributed by atoms with Gasteiger partial charge in [0.25, 0.3) is 0 Å². The zero-order chi connectivity index (χ0) is 13.8. The minimum atomic E-state index is -0.460. The summed E-state index contributed by atoms with van der Waals surface area (Å²) in [7, 11) is 0. The van der Waals surface area contributed by atoms with Crippen molar-refractivity contribution in [3.05, 3.63) is 0 Å². The van der Waals surface area contributed by atoms with E-state index >= 15 is 0 Å². The van der Waals surface area contributed by atoms with Crippen LogP contribution in [0.4, 0.5) is 0 Å². The molecule has 1 fully saturated rings. The fourth-order valence-corrected chi connectivity index (χ4v) is 3.45. The van der Waals surface area contributed by atoms with Crippen LogP contribution in [0.25, 0.3) is 0 Å². The van der Waals surface area contributed by atoms with Gasteiger partial charge in [-0.1, -0.05) is 20.8 Å². The average molecular weight is 273 g/mol. The summed E-state index contributed by atoms with van der Waals surface area (Å²) in [6.45, 7) is 6.73. The topological polar surface area (TPSA) is 52.3 Å². The fraction of sp³-hybridized carbons (Fsp3) is 0.929. The van der Waals surface area contributed by atoms with Gasteiger partial charge in [0.1, 0.15) is 12.1 Å². The molecule has 1 rings (SSSR count). The molecule has 0 bridgehead atoms. The number of carbonyl (C=O) groups is 1. The maximum atomic E-state index is 11.9. The first kappa shape index (κ1) is 15.8. The Morgan fingerprint density at radius 2 is 2.17 bits per heavy atom. The van der Waals surface area contributed by atoms with Crippen LogP contribution in [-0.2, 0) is 9.53 Å². The maximum absolute atomic E-state index is 11.9. The average Bonchev–Trinajstić information content (AvgIpc) is 2.22. The molecule has 1 saturated carbocycles. The summed E-state index contributed by atoms with van der Waals surface area (Å²) >= 11 is 1.71. The molecule has 18 heavy (non-hydrogen) atoms. The molecule has 0 aromatic carbocycles. The van der Waals surface area contributed by atoms with Crippen LogP contribution >= 0.6 is 11.8 Å². The van der Waals surface area contributed by atoms with Crippen LogP contribution in [0.2, 0.25) is 0 Å². The van der Waals surface area contributed by atoms with Crippen LogP contribution in [0.1, 0.15) is 46.5 Å². The van der Waals surface area contributed by atoms with Gasteiger partial charge in [-0.25, -0.2) is 0 Å². The van der Waals surface area contributed by atoms with Gasteiger partial charge >= 0.3 is 5.97 Å². The number of esters is 1. The lowest BCUT2D eigenvalue weighted by Crippen LogP contribution is -2.39. The first-order chi connectivity index (χ1) is 8.34. The van der Waals surface area contributed by atoms with E-state index < -0.39 is 6.04 Å². The number of hydrogen-bond acceptors (Lipinski definition) is 4. The predicted molar refractivity (Wildman–Crippen MR) is 77.7 cm³/mol. The molecule has 0 aromatic rings. The van der Waals surface area contributed by atoms with Crippen molar-refractivity contribution in [1.29, 1.82) is 0 Å². The van der Waals surface area contributed by atoms with E-state index in [4.69, 9.17) is 10.5 Å². The van der Waals surface area contributed by atoms with Gasteiger partial charge in [0.15, 0.2) is 0 Å². The van der Waals surface area contributed by atoms with Gasteiger partial charge in [-0.2, -0.15) is 11.8 Å². The quantitative estimate of drug-likeness (QED) is 0.783. The number of thioether (sulfide) groups is 1. The third-order valence-corrected chi connectivity index (χ3v) is 4.21. The molecular weight excluding hydrogens is 246 g/mol.